The molecule has 19 heavy (non-hydrogen) atoms. The van der Waals surface area contributed by atoms with Gasteiger partial charge in [-0.1, -0.05) is 39.0 Å². The van der Waals surface area contributed by atoms with E-state index in [9.17, 15) is 4.79 Å². The van der Waals surface area contributed by atoms with Gasteiger partial charge in [0.15, 0.2) is 0 Å². The zero-order chi connectivity index (χ0) is 13.7. The summed E-state index contributed by atoms with van der Waals surface area (Å²) in [5.41, 5.74) is 0. The Morgan fingerprint density at radius 2 is 1.74 bits per heavy atom. The van der Waals surface area contributed by atoms with Crippen LogP contribution in [0.25, 0.3) is 0 Å². The van der Waals surface area contributed by atoms with E-state index in [0.717, 1.165) is 36.5 Å². The molecule has 0 aliphatic heterocycles. The number of aliphatic carboxylic acids is 1. The Hall–Kier alpha value is -0.530. The van der Waals surface area contributed by atoms with Crippen LogP contribution in [0.5, 0.6) is 0 Å². The van der Waals surface area contributed by atoms with Gasteiger partial charge < -0.3 is 5.11 Å². The third kappa shape index (κ3) is 4.81. The highest BCUT2D eigenvalue weighted by Crippen LogP contribution is 2.45. The highest BCUT2D eigenvalue weighted by molar-refractivity contribution is 5.66. The molecule has 2 aliphatic rings. The predicted octanol–water partition coefficient (Wildman–Crippen LogP) is 4.87. The molecule has 110 valence electrons. The maximum absolute atomic E-state index is 10.4. The number of hydrogen-bond acceptors (Lipinski definition) is 1. The minimum atomic E-state index is -0.642. The molecule has 0 spiro atoms. The normalized spacial score (nSPS) is 34.8. The minimum absolute atomic E-state index is 0.354. The molecular weight excluding hydrogens is 236 g/mol. The summed E-state index contributed by atoms with van der Waals surface area (Å²) in [5.74, 6) is 3.33. The van der Waals surface area contributed by atoms with Crippen molar-refractivity contribution in [2.45, 2.75) is 77.6 Å². The molecule has 2 heteroatoms. The van der Waals surface area contributed by atoms with E-state index in [1.807, 2.05) is 0 Å². The van der Waals surface area contributed by atoms with Crippen LogP contribution in [0.2, 0.25) is 0 Å². The van der Waals surface area contributed by atoms with E-state index < -0.39 is 5.97 Å². The van der Waals surface area contributed by atoms with Gasteiger partial charge in [0.25, 0.3) is 0 Å². The van der Waals surface area contributed by atoms with Crippen LogP contribution in [-0.4, -0.2) is 11.1 Å². The molecule has 1 N–H and O–H groups in total. The smallest absolute Gasteiger partial charge is 0.303 e. The Balaban J connectivity index is 1.60. The Morgan fingerprint density at radius 1 is 1.00 bits per heavy atom. The van der Waals surface area contributed by atoms with Crippen LogP contribution < -0.4 is 0 Å². The maximum atomic E-state index is 10.4. The van der Waals surface area contributed by atoms with Gasteiger partial charge in [-0.3, -0.25) is 4.79 Å². The summed E-state index contributed by atoms with van der Waals surface area (Å²) in [7, 11) is 0. The lowest BCUT2D eigenvalue weighted by atomic mass is 9.64. The molecule has 2 nitrogen and oxygen atoms in total. The number of fused-ring (bicyclic) bond motifs is 1. The molecule has 4 atom stereocenters. The second kappa shape index (κ2) is 7.31. The molecule has 0 radical (unpaired) electrons. The predicted molar refractivity (Wildman–Crippen MR) is 78.1 cm³/mol. The number of hydrogen-bond donors (Lipinski definition) is 1. The van der Waals surface area contributed by atoms with Crippen molar-refractivity contribution in [2.24, 2.45) is 23.7 Å². The Morgan fingerprint density at radius 3 is 2.53 bits per heavy atom. The number of rotatable bonds is 6. The molecule has 2 fully saturated rings. The van der Waals surface area contributed by atoms with E-state index in [0.29, 0.717) is 6.42 Å². The van der Waals surface area contributed by atoms with Gasteiger partial charge in [0.1, 0.15) is 0 Å². The van der Waals surface area contributed by atoms with Gasteiger partial charge in [-0.25, -0.2) is 0 Å². The molecular formula is C17H30O2. The van der Waals surface area contributed by atoms with Gasteiger partial charge in [-0.05, 0) is 55.8 Å². The van der Waals surface area contributed by atoms with Crippen molar-refractivity contribution in [2.75, 3.05) is 0 Å². The second-order valence-electron chi connectivity index (χ2n) is 7.11. The number of carboxylic acid groups (broad SMARTS) is 1. The van der Waals surface area contributed by atoms with E-state index >= 15 is 0 Å². The van der Waals surface area contributed by atoms with Crippen molar-refractivity contribution < 1.29 is 9.90 Å². The number of unbranched alkanes of at least 4 members (excludes halogenated alkanes) is 2. The Bertz CT molecular complexity index is 287. The van der Waals surface area contributed by atoms with E-state index in [2.05, 4.69) is 6.92 Å². The Labute approximate surface area is 118 Å². The highest BCUT2D eigenvalue weighted by Gasteiger charge is 2.33. The molecule has 2 rings (SSSR count). The number of carbonyl (C=O) groups is 1. The second-order valence-corrected chi connectivity index (χ2v) is 7.11. The molecule has 0 aromatic heterocycles. The van der Waals surface area contributed by atoms with Crippen LogP contribution in [0.4, 0.5) is 0 Å². The third-order valence-corrected chi connectivity index (χ3v) is 5.49. The molecule has 0 amide bonds. The van der Waals surface area contributed by atoms with Crippen molar-refractivity contribution in [3.63, 3.8) is 0 Å². The van der Waals surface area contributed by atoms with Crippen LogP contribution in [0.3, 0.4) is 0 Å². The standard InChI is InChI=1S/C17H30O2/c1-13-7-9-16-12-14(8-10-15(16)11-13)5-3-2-4-6-17(18)19/h13-16H,2-12H2,1H3,(H,18,19). The first-order valence-electron chi connectivity index (χ1n) is 8.37. The fourth-order valence-corrected chi connectivity index (χ4v) is 4.37. The first-order chi connectivity index (χ1) is 9.15. The fourth-order valence-electron chi connectivity index (χ4n) is 4.37. The van der Waals surface area contributed by atoms with Gasteiger partial charge >= 0.3 is 5.97 Å². The summed E-state index contributed by atoms with van der Waals surface area (Å²) in [6.07, 6.45) is 13.7. The molecule has 0 aromatic rings. The quantitative estimate of drug-likeness (QED) is 0.696. The molecule has 0 aromatic carbocycles. The average molecular weight is 266 g/mol. The van der Waals surface area contributed by atoms with Crippen LogP contribution in [-0.2, 0) is 4.79 Å². The first kappa shape index (κ1) is 14.9. The maximum Gasteiger partial charge on any atom is 0.303 e. The SMILES string of the molecule is CC1CCC2CC(CCCCCC(=O)O)CCC2C1. The minimum Gasteiger partial charge on any atom is -0.481 e. The zero-order valence-corrected chi connectivity index (χ0v) is 12.4. The summed E-state index contributed by atoms with van der Waals surface area (Å²) in [6, 6.07) is 0. The van der Waals surface area contributed by atoms with Gasteiger partial charge in [-0.15, -0.1) is 0 Å². The topological polar surface area (TPSA) is 37.3 Å². The lowest BCUT2D eigenvalue weighted by molar-refractivity contribution is -0.137. The summed E-state index contributed by atoms with van der Waals surface area (Å²) in [4.78, 5) is 10.4. The molecule has 0 saturated heterocycles. The van der Waals surface area contributed by atoms with Crippen LogP contribution in [0.15, 0.2) is 0 Å². The van der Waals surface area contributed by atoms with E-state index in [-0.39, 0.29) is 0 Å². The molecule has 2 aliphatic carbocycles. The van der Waals surface area contributed by atoms with E-state index in [1.165, 1.54) is 51.4 Å². The average Bonchev–Trinajstić information content (AvgIpc) is 2.38. The Kier molecular flexibility index (Phi) is 5.72. The monoisotopic (exact) mass is 266 g/mol. The first-order valence-corrected chi connectivity index (χ1v) is 8.37. The molecule has 0 heterocycles. The van der Waals surface area contributed by atoms with Crippen molar-refractivity contribution in [1.82, 2.24) is 0 Å². The van der Waals surface area contributed by atoms with Crippen LogP contribution in [0.1, 0.15) is 77.6 Å². The van der Waals surface area contributed by atoms with Crippen LogP contribution >= 0.6 is 0 Å². The largest absolute Gasteiger partial charge is 0.481 e. The fraction of sp³-hybridized carbons (Fsp3) is 0.941. The summed E-state index contributed by atoms with van der Waals surface area (Å²) < 4.78 is 0. The van der Waals surface area contributed by atoms with Crippen molar-refractivity contribution in [1.29, 1.82) is 0 Å². The van der Waals surface area contributed by atoms with E-state index in [4.69, 9.17) is 5.11 Å². The van der Waals surface area contributed by atoms with Crippen LogP contribution in [0, 0.1) is 23.7 Å². The van der Waals surface area contributed by atoms with Gasteiger partial charge in [0, 0.05) is 6.42 Å². The van der Waals surface area contributed by atoms with Crippen molar-refractivity contribution in [3.8, 4) is 0 Å². The van der Waals surface area contributed by atoms with Gasteiger partial charge in [0.05, 0.1) is 0 Å². The number of carboxylic acids is 1. The van der Waals surface area contributed by atoms with E-state index in [1.54, 1.807) is 0 Å². The molecule has 0 bridgehead atoms. The van der Waals surface area contributed by atoms with Gasteiger partial charge in [-0.2, -0.15) is 0 Å². The summed E-state index contributed by atoms with van der Waals surface area (Å²) >= 11 is 0. The summed E-state index contributed by atoms with van der Waals surface area (Å²) in [6.45, 7) is 2.42. The van der Waals surface area contributed by atoms with Gasteiger partial charge in [0.2, 0.25) is 0 Å². The van der Waals surface area contributed by atoms with Crippen molar-refractivity contribution >= 4 is 5.97 Å². The lowest BCUT2D eigenvalue weighted by Gasteiger charge is -2.41. The molecule has 4 unspecified atom stereocenters. The summed E-state index contributed by atoms with van der Waals surface area (Å²) in [5, 5.41) is 8.61. The lowest BCUT2D eigenvalue weighted by Crippen LogP contribution is -2.30. The molecule has 2 saturated carbocycles. The van der Waals surface area contributed by atoms with Crippen molar-refractivity contribution in [3.05, 3.63) is 0 Å². The highest BCUT2D eigenvalue weighted by atomic mass is 16.4. The zero-order valence-electron chi connectivity index (χ0n) is 12.4. The third-order valence-electron chi connectivity index (χ3n) is 5.49.